The monoisotopic (exact) mass is 448 g/mol. The number of carbonyl (C=O) groups is 1. The molecule has 0 aliphatic carbocycles. The number of nitrogens with zero attached hydrogens (tertiary/aromatic N) is 2. The molecule has 0 radical (unpaired) electrons. The molecule has 0 N–H and O–H groups in total. The number of hydrogen-bond acceptors (Lipinski definition) is 3. The molecule has 4 aromatic rings. The van der Waals surface area contributed by atoms with Crippen molar-refractivity contribution in [3.8, 4) is 0 Å². The van der Waals surface area contributed by atoms with Crippen molar-refractivity contribution in [3.05, 3.63) is 95.9 Å². The van der Waals surface area contributed by atoms with E-state index in [2.05, 4.69) is 6.07 Å². The first kappa shape index (κ1) is 20.5. The maximum atomic E-state index is 13.3. The molecule has 5 nitrogen and oxygen atoms in total. The van der Waals surface area contributed by atoms with Crippen LogP contribution in [0.5, 0.6) is 0 Å². The van der Waals surface area contributed by atoms with Crippen LogP contribution >= 0.6 is 0 Å². The zero-order valence-corrected chi connectivity index (χ0v) is 18.1. The second-order valence-corrected chi connectivity index (χ2v) is 9.85. The molecule has 3 aromatic carbocycles. The molecule has 0 atom stereocenters. The lowest BCUT2D eigenvalue weighted by Crippen LogP contribution is -2.37. The molecule has 2 heterocycles. The summed E-state index contributed by atoms with van der Waals surface area (Å²) in [6, 6.07) is 20.0. The fraction of sp³-hybridized carbons (Fsp3) is 0.160. The third kappa shape index (κ3) is 3.58. The van der Waals surface area contributed by atoms with Crippen LogP contribution in [-0.2, 0) is 34.1 Å². The van der Waals surface area contributed by atoms with E-state index < -0.39 is 15.7 Å². The Labute approximate surface area is 185 Å². The van der Waals surface area contributed by atoms with E-state index in [0.717, 1.165) is 24.1 Å². The minimum Gasteiger partial charge on any atom is -0.337 e. The number of hydrogen-bond donors (Lipinski definition) is 0. The largest absolute Gasteiger partial charge is 0.337 e. The van der Waals surface area contributed by atoms with Crippen LogP contribution in [0.2, 0.25) is 0 Å². The van der Waals surface area contributed by atoms with Crippen LogP contribution in [0.4, 0.5) is 4.39 Å². The second kappa shape index (κ2) is 7.91. The lowest BCUT2D eigenvalue weighted by molar-refractivity contribution is -0.132. The van der Waals surface area contributed by atoms with Gasteiger partial charge in [-0.25, -0.2) is 12.8 Å². The molecule has 0 fully saturated rings. The van der Waals surface area contributed by atoms with E-state index in [0.29, 0.717) is 24.0 Å². The molecular weight excluding hydrogens is 427 g/mol. The van der Waals surface area contributed by atoms with Crippen molar-refractivity contribution < 1.29 is 17.6 Å². The number of aromatic nitrogens is 1. The van der Waals surface area contributed by atoms with Crippen LogP contribution in [-0.4, -0.2) is 30.3 Å². The highest BCUT2D eigenvalue weighted by atomic mass is 32.2. The Hall–Kier alpha value is -3.45. The van der Waals surface area contributed by atoms with Crippen LogP contribution < -0.4 is 0 Å². The summed E-state index contributed by atoms with van der Waals surface area (Å²) in [5.74, 6) is -0.564. The second-order valence-electron chi connectivity index (χ2n) is 7.93. The fourth-order valence-corrected chi connectivity index (χ4v) is 5.73. The SMILES string of the molecule is O=C(Cn1cc(S(=O)(=O)c2ccc(F)cc2)c2ccccc21)N1CCc2ccccc2C1. The predicted molar refractivity (Wildman–Crippen MR) is 119 cm³/mol. The standard InChI is InChI=1S/C25H21FN2O3S/c26-20-9-11-21(12-10-20)32(30,31)24-16-28(23-8-4-3-7-22(23)24)17-25(29)27-14-13-18-5-1-2-6-19(18)15-27/h1-12,16H,13-15,17H2. The van der Waals surface area contributed by atoms with Crippen molar-refractivity contribution in [1.82, 2.24) is 9.47 Å². The average molecular weight is 449 g/mol. The zero-order chi connectivity index (χ0) is 22.3. The van der Waals surface area contributed by atoms with Crippen LogP contribution in [0.1, 0.15) is 11.1 Å². The van der Waals surface area contributed by atoms with E-state index in [1.54, 1.807) is 22.8 Å². The highest BCUT2D eigenvalue weighted by Crippen LogP contribution is 2.30. The van der Waals surface area contributed by atoms with Crippen molar-refractivity contribution in [2.75, 3.05) is 6.54 Å². The van der Waals surface area contributed by atoms with Gasteiger partial charge in [-0.2, -0.15) is 0 Å². The van der Waals surface area contributed by atoms with Gasteiger partial charge in [0.05, 0.1) is 9.79 Å². The molecule has 0 bridgehead atoms. The van der Waals surface area contributed by atoms with Gasteiger partial charge in [0.1, 0.15) is 12.4 Å². The van der Waals surface area contributed by atoms with E-state index in [-0.39, 0.29) is 22.2 Å². The predicted octanol–water partition coefficient (Wildman–Crippen LogP) is 4.20. The molecule has 0 spiro atoms. The first-order valence-corrected chi connectivity index (χ1v) is 11.8. The number of benzene rings is 3. The van der Waals surface area contributed by atoms with Crippen molar-refractivity contribution in [2.45, 2.75) is 29.3 Å². The summed E-state index contributed by atoms with van der Waals surface area (Å²) in [5.41, 5.74) is 3.07. The Morgan fingerprint density at radius 1 is 0.906 bits per heavy atom. The normalized spacial score (nSPS) is 13.8. The molecule has 7 heteroatoms. The summed E-state index contributed by atoms with van der Waals surface area (Å²) in [6.45, 7) is 1.23. The van der Waals surface area contributed by atoms with Crippen LogP contribution in [0.15, 0.2) is 88.8 Å². The van der Waals surface area contributed by atoms with Gasteiger partial charge in [0, 0.05) is 30.2 Å². The molecule has 1 amide bonds. The Balaban J connectivity index is 1.48. The number of amides is 1. The molecule has 5 rings (SSSR count). The van der Waals surface area contributed by atoms with E-state index in [1.165, 1.54) is 23.9 Å². The lowest BCUT2D eigenvalue weighted by atomic mass is 10.00. The van der Waals surface area contributed by atoms with Gasteiger partial charge in [-0.15, -0.1) is 0 Å². The maximum Gasteiger partial charge on any atom is 0.242 e. The Bertz CT molecular complexity index is 1430. The average Bonchev–Trinajstić information content (AvgIpc) is 3.18. The van der Waals surface area contributed by atoms with Crippen LogP contribution in [0.3, 0.4) is 0 Å². The third-order valence-corrected chi connectivity index (χ3v) is 7.75. The van der Waals surface area contributed by atoms with Gasteiger partial charge in [-0.1, -0.05) is 42.5 Å². The topological polar surface area (TPSA) is 59.4 Å². The number of para-hydroxylation sites is 1. The van der Waals surface area contributed by atoms with Crippen LogP contribution in [0, 0.1) is 5.82 Å². The van der Waals surface area contributed by atoms with Gasteiger partial charge < -0.3 is 9.47 Å². The molecule has 0 saturated heterocycles. The van der Waals surface area contributed by atoms with Gasteiger partial charge in [0.15, 0.2) is 0 Å². The van der Waals surface area contributed by atoms with E-state index in [4.69, 9.17) is 0 Å². The summed E-state index contributed by atoms with van der Waals surface area (Å²) >= 11 is 0. The number of rotatable bonds is 4. The molecule has 1 aliphatic heterocycles. The zero-order valence-electron chi connectivity index (χ0n) is 17.2. The summed E-state index contributed by atoms with van der Waals surface area (Å²) in [5, 5.41) is 0.536. The number of carbonyl (C=O) groups excluding carboxylic acids is 1. The molecule has 162 valence electrons. The van der Waals surface area contributed by atoms with Crippen molar-refractivity contribution in [2.24, 2.45) is 0 Å². The van der Waals surface area contributed by atoms with Crippen molar-refractivity contribution in [3.63, 3.8) is 0 Å². The first-order valence-electron chi connectivity index (χ1n) is 10.4. The van der Waals surface area contributed by atoms with Gasteiger partial charge in [-0.3, -0.25) is 4.79 Å². The van der Waals surface area contributed by atoms with Gasteiger partial charge >= 0.3 is 0 Å². The minimum atomic E-state index is -3.87. The highest BCUT2D eigenvalue weighted by molar-refractivity contribution is 7.91. The molecule has 32 heavy (non-hydrogen) atoms. The Kier molecular flexibility index (Phi) is 5.06. The Morgan fingerprint density at radius 3 is 2.38 bits per heavy atom. The molecule has 0 saturated carbocycles. The number of fused-ring (bicyclic) bond motifs is 2. The van der Waals surface area contributed by atoms with Gasteiger partial charge in [0.2, 0.25) is 15.7 Å². The first-order chi connectivity index (χ1) is 15.4. The molecule has 1 aromatic heterocycles. The van der Waals surface area contributed by atoms with E-state index >= 15 is 0 Å². The van der Waals surface area contributed by atoms with E-state index in [9.17, 15) is 17.6 Å². The fourth-order valence-electron chi connectivity index (χ4n) is 4.25. The molecule has 1 aliphatic rings. The molecular formula is C25H21FN2O3S. The van der Waals surface area contributed by atoms with Gasteiger partial charge in [-0.05, 0) is 47.9 Å². The summed E-state index contributed by atoms with van der Waals surface area (Å²) in [6.07, 6.45) is 2.32. The van der Waals surface area contributed by atoms with Crippen LogP contribution in [0.25, 0.3) is 10.9 Å². The van der Waals surface area contributed by atoms with Crippen molar-refractivity contribution in [1.29, 1.82) is 0 Å². The Morgan fingerprint density at radius 2 is 1.59 bits per heavy atom. The highest BCUT2D eigenvalue weighted by Gasteiger charge is 2.26. The quantitative estimate of drug-likeness (QED) is 0.440. The minimum absolute atomic E-state index is 0.0146. The van der Waals surface area contributed by atoms with E-state index in [1.807, 2.05) is 29.2 Å². The van der Waals surface area contributed by atoms with Crippen molar-refractivity contribution >= 4 is 26.6 Å². The molecule has 0 unspecified atom stereocenters. The summed E-state index contributed by atoms with van der Waals surface area (Å²) in [7, 11) is -3.87. The maximum absolute atomic E-state index is 13.3. The smallest absolute Gasteiger partial charge is 0.242 e. The number of sulfone groups is 1. The number of halogens is 1. The summed E-state index contributed by atoms with van der Waals surface area (Å²) in [4.78, 5) is 15.0. The lowest BCUT2D eigenvalue weighted by Gasteiger charge is -2.29. The summed E-state index contributed by atoms with van der Waals surface area (Å²) < 4.78 is 41.5. The third-order valence-electron chi connectivity index (χ3n) is 5.95. The van der Waals surface area contributed by atoms with Gasteiger partial charge in [0.25, 0.3) is 0 Å².